The average molecular weight is 411 g/mol. The number of methoxy groups -OCH3 is 1. The van der Waals surface area contributed by atoms with E-state index in [4.69, 9.17) is 4.74 Å². The summed E-state index contributed by atoms with van der Waals surface area (Å²) in [5, 5.41) is 2.86. The number of carbonyl (C=O) groups excluding carboxylic acids is 1. The van der Waals surface area contributed by atoms with E-state index >= 15 is 0 Å². The summed E-state index contributed by atoms with van der Waals surface area (Å²) >= 11 is 0. The number of piperazine rings is 1. The van der Waals surface area contributed by atoms with Crippen LogP contribution in [-0.4, -0.2) is 80.8 Å². The van der Waals surface area contributed by atoms with Gasteiger partial charge in [0, 0.05) is 39.3 Å². The molecule has 0 radical (unpaired) electrons. The van der Waals surface area contributed by atoms with Crippen molar-refractivity contribution in [1.29, 1.82) is 0 Å². The molecule has 0 saturated carbocycles. The zero-order chi connectivity index (χ0) is 20.0. The van der Waals surface area contributed by atoms with E-state index in [1.165, 1.54) is 0 Å². The van der Waals surface area contributed by atoms with Crippen molar-refractivity contribution in [3.05, 3.63) is 24.3 Å². The van der Waals surface area contributed by atoms with Gasteiger partial charge in [0.15, 0.2) is 0 Å². The third-order valence-electron chi connectivity index (χ3n) is 5.30. The first-order chi connectivity index (χ1) is 13.5. The van der Waals surface area contributed by atoms with Gasteiger partial charge < -0.3 is 10.1 Å². The van der Waals surface area contributed by atoms with Gasteiger partial charge in [0.05, 0.1) is 19.3 Å². The number of carbonyl (C=O) groups is 1. The maximum absolute atomic E-state index is 12.9. The Morgan fingerprint density at radius 1 is 0.964 bits per heavy atom. The van der Waals surface area contributed by atoms with Gasteiger partial charge in [-0.2, -0.15) is 17.0 Å². The third kappa shape index (κ3) is 5.22. The zero-order valence-electron chi connectivity index (χ0n) is 16.5. The van der Waals surface area contributed by atoms with Gasteiger partial charge >= 0.3 is 0 Å². The summed E-state index contributed by atoms with van der Waals surface area (Å²) in [6, 6.07) is 7.27. The topological polar surface area (TPSA) is 82.2 Å². The Hall–Kier alpha value is -1.68. The van der Waals surface area contributed by atoms with E-state index in [2.05, 4.69) is 5.32 Å². The molecule has 2 aliphatic heterocycles. The maximum Gasteiger partial charge on any atom is 0.282 e. The number of nitrogens with zero attached hydrogens (tertiary/aromatic N) is 3. The Morgan fingerprint density at radius 3 is 2.21 bits per heavy atom. The maximum atomic E-state index is 12.9. The average Bonchev–Trinajstić information content (AvgIpc) is 2.99. The van der Waals surface area contributed by atoms with E-state index in [1.54, 1.807) is 27.9 Å². The number of para-hydroxylation sites is 2. The van der Waals surface area contributed by atoms with Crippen LogP contribution >= 0.6 is 0 Å². The van der Waals surface area contributed by atoms with Crippen molar-refractivity contribution in [2.45, 2.75) is 25.7 Å². The molecule has 0 aliphatic carbocycles. The highest BCUT2D eigenvalue weighted by molar-refractivity contribution is 7.86. The Bertz CT molecular complexity index is 755. The Balaban J connectivity index is 1.50. The van der Waals surface area contributed by atoms with E-state index in [0.717, 1.165) is 25.7 Å². The molecule has 3 rings (SSSR count). The minimum atomic E-state index is -3.39. The van der Waals surface area contributed by atoms with Crippen molar-refractivity contribution in [2.75, 3.05) is 58.2 Å². The predicted molar refractivity (Wildman–Crippen MR) is 109 cm³/mol. The number of ether oxygens (including phenoxy) is 1. The molecule has 2 saturated heterocycles. The minimum Gasteiger partial charge on any atom is -0.495 e. The first-order valence-corrected chi connectivity index (χ1v) is 11.3. The molecule has 28 heavy (non-hydrogen) atoms. The van der Waals surface area contributed by atoms with Gasteiger partial charge in [-0.15, -0.1) is 0 Å². The summed E-state index contributed by atoms with van der Waals surface area (Å²) in [5.41, 5.74) is 0.636. The summed E-state index contributed by atoms with van der Waals surface area (Å²) in [6.07, 6.45) is 4.06. The van der Waals surface area contributed by atoms with Crippen molar-refractivity contribution in [3.63, 3.8) is 0 Å². The number of nitrogens with one attached hydrogen (secondary N) is 1. The van der Waals surface area contributed by atoms with Gasteiger partial charge in [-0.1, -0.05) is 25.0 Å². The molecule has 0 aromatic heterocycles. The molecule has 0 atom stereocenters. The number of amides is 1. The van der Waals surface area contributed by atoms with Crippen LogP contribution in [0.15, 0.2) is 24.3 Å². The molecule has 1 aromatic carbocycles. The van der Waals surface area contributed by atoms with Crippen LogP contribution in [0.5, 0.6) is 5.75 Å². The van der Waals surface area contributed by atoms with Gasteiger partial charge in [0.25, 0.3) is 10.2 Å². The van der Waals surface area contributed by atoms with Crippen molar-refractivity contribution in [3.8, 4) is 5.75 Å². The van der Waals surface area contributed by atoms with Gasteiger partial charge in [-0.05, 0) is 25.0 Å². The van der Waals surface area contributed by atoms with Crippen LogP contribution in [0.3, 0.4) is 0 Å². The molecule has 0 unspecified atom stereocenters. The molecular weight excluding hydrogens is 380 g/mol. The summed E-state index contributed by atoms with van der Waals surface area (Å²) < 4.78 is 34.2. The molecule has 2 heterocycles. The highest BCUT2D eigenvalue weighted by Gasteiger charge is 2.32. The van der Waals surface area contributed by atoms with Crippen LogP contribution in [0.25, 0.3) is 0 Å². The molecule has 0 spiro atoms. The number of rotatable bonds is 6. The SMILES string of the molecule is COc1ccccc1NC(=O)CN1CCN(S(=O)(=O)N2CCCCCC2)CC1. The predicted octanol–water partition coefficient (Wildman–Crippen LogP) is 1.37. The second-order valence-corrected chi connectivity index (χ2v) is 9.17. The van der Waals surface area contributed by atoms with E-state index in [0.29, 0.717) is 50.7 Å². The van der Waals surface area contributed by atoms with Crippen LogP contribution in [0.4, 0.5) is 5.69 Å². The monoisotopic (exact) mass is 410 g/mol. The van der Waals surface area contributed by atoms with Crippen LogP contribution in [0.1, 0.15) is 25.7 Å². The standard InChI is InChI=1S/C19H30N4O4S/c1-27-18-9-5-4-8-17(18)20-19(24)16-21-12-14-23(15-13-21)28(25,26)22-10-6-2-3-7-11-22/h4-5,8-9H,2-3,6-7,10-16H2,1H3,(H,20,24). The largest absolute Gasteiger partial charge is 0.495 e. The Kier molecular flexibility index (Phi) is 7.28. The van der Waals surface area contributed by atoms with Crippen molar-refractivity contribution >= 4 is 21.8 Å². The smallest absolute Gasteiger partial charge is 0.282 e. The molecule has 2 aliphatic rings. The first-order valence-electron chi connectivity index (χ1n) is 9.91. The normalized spacial score (nSPS) is 20.5. The highest BCUT2D eigenvalue weighted by Crippen LogP contribution is 2.23. The minimum absolute atomic E-state index is 0.131. The van der Waals surface area contributed by atoms with Gasteiger partial charge in [0.2, 0.25) is 5.91 Å². The number of benzene rings is 1. The first kappa shape index (κ1) is 21.0. The summed E-state index contributed by atoms with van der Waals surface area (Å²) in [5.74, 6) is 0.484. The molecule has 1 aromatic rings. The molecule has 2 fully saturated rings. The fraction of sp³-hybridized carbons (Fsp3) is 0.632. The number of hydrogen-bond acceptors (Lipinski definition) is 5. The molecule has 1 N–H and O–H groups in total. The van der Waals surface area contributed by atoms with Crippen LogP contribution < -0.4 is 10.1 Å². The van der Waals surface area contributed by atoms with Crippen LogP contribution in [0, 0.1) is 0 Å². The van der Waals surface area contributed by atoms with E-state index in [9.17, 15) is 13.2 Å². The van der Waals surface area contributed by atoms with E-state index in [-0.39, 0.29) is 12.5 Å². The molecule has 9 heteroatoms. The summed E-state index contributed by atoms with van der Waals surface area (Å²) in [4.78, 5) is 14.3. The van der Waals surface area contributed by atoms with Crippen LogP contribution in [-0.2, 0) is 15.0 Å². The number of anilines is 1. The second-order valence-electron chi connectivity index (χ2n) is 7.24. The van der Waals surface area contributed by atoms with Gasteiger partial charge in [-0.3, -0.25) is 9.69 Å². The lowest BCUT2D eigenvalue weighted by atomic mass is 10.2. The summed E-state index contributed by atoms with van der Waals surface area (Å²) in [6.45, 7) is 3.39. The van der Waals surface area contributed by atoms with Gasteiger partial charge in [0.1, 0.15) is 5.75 Å². The summed E-state index contributed by atoms with van der Waals surface area (Å²) in [7, 11) is -1.83. The van der Waals surface area contributed by atoms with Crippen molar-refractivity contribution in [1.82, 2.24) is 13.5 Å². The molecule has 1 amide bonds. The fourth-order valence-electron chi connectivity index (χ4n) is 3.69. The fourth-order valence-corrected chi connectivity index (χ4v) is 5.37. The lowest BCUT2D eigenvalue weighted by molar-refractivity contribution is -0.117. The van der Waals surface area contributed by atoms with Crippen molar-refractivity contribution < 1.29 is 17.9 Å². The highest BCUT2D eigenvalue weighted by atomic mass is 32.2. The molecule has 156 valence electrons. The quantitative estimate of drug-likeness (QED) is 0.766. The van der Waals surface area contributed by atoms with E-state index in [1.807, 2.05) is 17.0 Å². The van der Waals surface area contributed by atoms with Crippen molar-refractivity contribution in [2.24, 2.45) is 0 Å². The van der Waals surface area contributed by atoms with E-state index < -0.39 is 10.2 Å². The lowest BCUT2D eigenvalue weighted by Gasteiger charge is -2.36. The molecule has 0 bridgehead atoms. The number of hydrogen-bond donors (Lipinski definition) is 1. The van der Waals surface area contributed by atoms with Gasteiger partial charge in [-0.25, -0.2) is 0 Å². The third-order valence-corrected chi connectivity index (χ3v) is 7.33. The zero-order valence-corrected chi connectivity index (χ0v) is 17.3. The Labute approximate surface area is 167 Å². The molecular formula is C19H30N4O4S. The lowest BCUT2D eigenvalue weighted by Crippen LogP contribution is -2.54. The second kappa shape index (κ2) is 9.69. The Morgan fingerprint density at radius 2 is 1.57 bits per heavy atom. The molecule has 8 nitrogen and oxygen atoms in total. The van der Waals surface area contributed by atoms with Crippen LogP contribution in [0.2, 0.25) is 0 Å².